The van der Waals surface area contributed by atoms with Crippen LogP contribution < -0.4 is 4.74 Å². The number of morpholine rings is 1. The Labute approximate surface area is 145 Å². The summed E-state index contributed by atoms with van der Waals surface area (Å²) >= 11 is 4.46. The van der Waals surface area contributed by atoms with Crippen molar-refractivity contribution in [2.45, 2.75) is 31.6 Å². The van der Waals surface area contributed by atoms with Crippen molar-refractivity contribution in [3.8, 4) is 17.6 Å². The zero-order valence-corrected chi connectivity index (χ0v) is 15.1. The van der Waals surface area contributed by atoms with E-state index in [1.807, 2.05) is 18.2 Å². The monoisotopic (exact) mass is 333 g/mol. The second kappa shape index (κ2) is 9.87. The molecule has 0 unspecified atom stereocenters. The highest BCUT2D eigenvalue weighted by molar-refractivity contribution is 7.80. The second-order valence-electron chi connectivity index (χ2n) is 5.90. The van der Waals surface area contributed by atoms with Crippen LogP contribution in [0.2, 0.25) is 0 Å². The molecule has 0 bridgehead atoms. The first-order valence-corrected chi connectivity index (χ1v) is 8.91. The van der Waals surface area contributed by atoms with Crippen LogP contribution in [0.5, 0.6) is 5.75 Å². The highest BCUT2D eigenvalue weighted by atomic mass is 32.1. The van der Waals surface area contributed by atoms with Crippen LogP contribution in [0.1, 0.15) is 32.3 Å². The van der Waals surface area contributed by atoms with E-state index in [1.54, 1.807) is 0 Å². The third kappa shape index (κ3) is 6.47. The maximum absolute atomic E-state index is 5.92. The highest BCUT2D eigenvalue weighted by Gasteiger charge is 2.08. The van der Waals surface area contributed by atoms with Crippen molar-refractivity contribution < 1.29 is 9.47 Å². The normalized spacial score (nSPS) is 15.3. The summed E-state index contributed by atoms with van der Waals surface area (Å²) in [6, 6.07) is 5.95. The van der Waals surface area contributed by atoms with Gasteiger partial charge in [-0.2, -0.15) is 0 Å². The molecule has 0 N–H and O–H groups in total. The van der Waals surface area contributed by atoms with Crippen molar-refractivity contribution in [2.75, 3.05) is 39.5 Å². The van der Waals surface area contributed by atoms with Gasteiger partial charge in [0.1, 0.15) is 5.75 Å². The van der Waals surface area contributed by atoms with Gasteiger partial charge in [-0.15, -0.1) is 12.6 Å². The van der Waals surface area contributed by atoms with E-state index in [4.69, 9.17) is 9.47 Å². The zero-order chi connectivity index (χ0) is 16.5. The SMILES string of the molecule is CCC(CC)COc1cc(S)cc(C#CCN2CCOCC2)c1. The molecular weight excluding hydrogens is 306 g/mol. The van der Waals surface area contributed by atoms with Gasteiger partial charge in [0.2, 0.25) is 0 Å². The molecule has 1 fully saturated rings. The van der Waals surface area contributed by atoms with Crippen molar-refractivity contribution in [3.05, 3.63) is 23.8 Å². The van der Waals surface area contributed by atoms with Gasteiger partial charge in [-0.1, -0.05) is 38.5 Å². The smallest absolute Gasteiger partial charge is 0.121 e. The van der Waals surface area contributed by atoms with Crippen molar-refractivity contribution in [2.24, 2.45) is 5.92 Å². The minimum atomic E-state index is 0.606. The summed E-state index contributed by atoms with van der Waals surface area (Å²) in [7, 11) is 0. The maximum atomic E-state index is 5.92. The topological polar surface area (TPSA) is 21.7 Å². The largest absolute Gasteiger partial charge is 0.493 e. The van der Waals surface area contributed by atoms with Gasteiger partial charge in [-0.25, -0.2) is 0 Å². The maximum Gasteiger partial charge on any atom is 0.121 e. The van der Waals surface area contributed by atoms with E-state index < -0.39 is 0 Å². The molecule has 1 aliphatic rings. The van der Waals surface area contributed by atoms with E-state index in [1.165, 1.54) is 0 Å². The Kier molecular flexibility index (Phi) is 7.81. The van der Waals surface area contributed by atoms with Crippen LogP contribution in [0.15, 0.2) is 23.1 Å². The standard InChI is InChI=1S/C19H27NO2S/c1-3-16(4-2)15-22-18-12-17(13-19(23)14-18)6-5-7-20-8-10-21-11-9-20/h12-14,16,23H,3-4,7-11,15H2,1-2H3. The summed E-state index contributed by atoms with van der Waals surface area (Å²) in [5.41, 5.74) is 0.963. The van der Waals surface area contributed by atoms with Crippen LogP contribution in [-0.2, 0) is 4.74 Å². The number of benzene rings is 1. The minimum absolute atomic E-state index is 0.606. The van der Waals surface area contributed by atoms with Gasteiger partial charge < -0.3 is 9.47 Å². The van der Waals surface area contributed by atoms with Gasteiger partial charge in [-0.05, 0) is 24.1 Å². The molecular formula is C19H27NO2S. The summed E-state index contributed by atoms with van der Waals surface area (Å²) in [5.74, 6) is 7.94. The Balaban J connectivity index is 1.94. The van der Waals surface area contributed by atoms with Crippen molar-refractivity contribution in [1.29, 1.82) is 0 Å². The number of ether oxygens (including phenoxy) is 2. The van der Waals surface area contributed by atoms with E-state index in [0.717, 1.165) is 68.5 Å². The Morgan fingerprint density at radius 3 is 2.65 bits per heavy atom. The molecule has 0 aromatic heterocycles. The summed E-state index contributed by atoms with van der Waals surface area (Å²) in [6.07, 6.45) is 2.28. The van der Waals surface area contributed by atoms with Crippen LogP contribution in [0.4, 0.5) is 0 Å². The minimum Gasteiger partial charge on any atom is -0.493 e. The van der Waals surface area contributed by atoms with Gasteiger partial charge in [0.25, 0.3) is 0 Å². The lowest BCUT2D eigenvalue weighted by molar-refractivity contribution is 0.0443. The number of thiol groups is 1. The molecule has 3 nitrogen and oxygen atoms in total. The Hall–Kier alpha value is -1.15. The quantitative estimate of drug-likeness (QED) is 0.636. The van der Waals surface area contributed by atoms with Crippen molar-refractivity contribution in [3.63, 3.8) is 0 Å². The summed E-state index contributed by atoms with van der Waals surface area (Å²) < 4.78 is 11.3. The van der Waals surface area contributed by atoms with E-state index in [2.05, 4.69) is 43.2 Å². The molecule has 0 atom stereocenters. The van der Waals surface area contributed by atoms with Gasteiger partial charge in [-0.3, -0.25) is 4.90 Å². The first-order chi connectivity index (χ1) is 11.2. The molecule has 1 aromatic rings. The van der Waals surface area contributed by atoms with Crippen LogP contribution >= 0.6 is 12.6 Å². The van der Waals surface area contributed by atoms with Crippen LogP contribution in [0, 0.1) is 17.8 Å². The fraction of sp³-hybridized carbons (Fsp3) is 0.579. The van der Waals surface area contributed by atoms with E-state index in [0.29, 0.717) is 5.92 Å². The zero-order valence-electron chi connectivity index (χ0n) is 14.2. The average Bonchev–Trinajstić information content (AvgIpc) is 2.56. The predicted molar refractivity (Wildman–Crippen MR) is 97.4 cm³/mol. The van der Waals surface area contributed by atoms with E-state index in [-0.39, 0.29) is 0 Å². The number of hydrogen-bond donors (Lipinski definition) is 1. The molecule has 1 saturated heterocycles. The molecule has 0 aliphatic carbocycles. The summed E-state index contributed by atoms with van der Waals surface area (Å²) in [5, 5.41) is 0. The molecule has 0 amide bonds. The third-order valence-electron chi connectivity index (χ3n) is 4.17. The van der Waals surface area contributed by atoms with Crippen molar-refractivity contribution >= 4 is 12.6 Å². The molecule has 1 aromatic carbocycles. The van der Waals surface area contributed by atoms with Crippen LogP contribution in [-0.4, -0.2) is 44.4 Å². The summed E-state index contributed by atoms with van der Waals surface area (Å²) in [6.45, 7) is 9.49. The third-order valence-corrected chi connectivity index (χ3v) is 4.43. The number of rotatable bonds is 6. The highest BCUT2D eigenvalue weighted by Crippen LogP contribution is 2.21. The molecule has 126 valence electrons. The molecule has 23 heavy (non-hydrogen) atoms. The number of hydrogen-bond acceptors (Lipinski definition) is 4. The first kappa shape index (κ1) is 18.2. The molecule has 1 aliphatic heterocycles. The average molecular weight is 333 g/mol. The van der Waals surface area contributed by atoms with Gasteiger partial charge in [0.05, 0.1) is 26.4 Å². The molecule has 0 saturated carbocycles. The van der Waals surface area contributed by atoms with E-state index in [9.17, 15) is 0 Å². The molecule has 0 radical (unpaired) electrons. The number of nitrogens with zero attached hydrogens (tertiary/aromatic N) is 1. The Bertz CT molecular complexity index is 540. The molecule has 1 heterocycles. The molecule has 4 heteroatoms. The first-order valence-electron chi connectivity index (χ1n) is 8.47. The van der Waals surface area contributed by atoms with Gasteiger partial charge in [0.15, 0.2) is 0 Å². The lowest BCUT2D eigenvalue weighted by Gasteiger charge is -2.24. The lowest BCUT2D eigenvalue weighted by Crippen LogP contribution is -2.36. The fourth-order valence-corrected chi connectivity index (χ4v) is 2.76. The fourth-order valence-electron chi connectivity index (χ4n) is 2.49. The van der Waals surface area contributed by atoms with Crippen molar-refractivity contribution in [1.82, 2.24) is 4.90 Å². The Morgan fingerprint density at radius 2 is 1.96 bits per heavy atom. The predicted octanol–water partition coefficient (Wildman–Crippen LogP) is 3.47. The van der Waals surface area contributed by atoms with Gasteiger partial charge >= 0.3 is 0 Å². The van der Waals surface area contributed by atoms with Crippen LogP contribution in [0.3, 0.4) is 0 Å². The van der Waals surface area contributed by atoms with E-state index >= 15 is 0 Å². The van der Waals surface area contributed by atoms with Crippen LogP contribution in [0.25, 0.3) is 0 Å². The summed E-state index contributed by atoms with van der Waals surface area (Å²) in [4.78, 5) is 3.20. The molecule has 0 spiro atoms. The lowest BCUT2D eigenvalue weighted by atomic mass is 10.1. The molecule has 2 rings (SSSR count). The van der Waals surface area contributed by atoms with Gasteiger partial charge in [0, 0.05) is 23.5 Å². The Morgan fingerprint density at radius 1 is 1.22 bits per heavy atom. The second-order valence-corrected chi connectivity index (χ2v) is 6.42.